The first-order valence-electron chi connectivity index (χ1n) is 11.0. The van der Waals surface area contributed by atoms with Crippen molar-refractivity contribution in [2.24, 2.45) is 0 Å². The Morgan fingerprint density at radius 1 is 1.14 bits per heavy atom. The molecule has 36 heavy (non-hydrogen) atoms. The van der Waals surface area contributed by atoms with Crippen molar-refractivity contribution >= 4 is 11.6 Å². The summed E-state index contributed by atoms with van der Waals surface area (Å²) in [5, 5.41) is 11.1. The number of amides is 1. The third-order valence-electron chi connectivity index (χ3n) is 5.86. The molecule has 0 spiro atoms. The number of alkyl halides is 3. The molecule has 5 rings (SSSR count). The van der Waals surface area contributed by atoms with Crippen molar-refractivity contribution in [3.63, 3.8) is 0 Å². The highest BCUT2D eigenvalue weighted by atomic mass is 19.4. The maximum absolute atomic E-state index is 12.9. The molecule has 9 nitrogen and oxygen atoms in total. The van der Waals surface area contributed by atoms with Crippen LogP contribution < -0.4 is 14.8 Å². The summed E-state index contributed by atoms with van der Waals surface area (Å²) in [4.78, 5) is 17.2. The van der Waals surface area contributed by atoms with Gasteiger partial charge in [0, 0.05) is 23.5 Å². The van der Waals surface area contributed by atoms with Crippen molar-refractivity contribution in [2.45, 2.75) is 32.2 Å². The van der Waals surface area contributed by atoms with Crippen LogP contribution in [-0.4, -0.2) is 43.9 Å². The van der Waals surface area contributed by atoms with Crippen molar-refractivity contribution in [3.8, 4) is 28.4 Å². The molecule has 2 aromatic carbocycles. The number of halogens is 3. The smallest absolute Gasteiger partial charge is 0.495 e. The number of methoxy groups -OCH3 is 1. The molecule has 0 radical (unpaired) electrons. The Hall–Kier alpha value is -4.35. The molecule has 4 aromatic rings. The summed E-state index contributed by atoms with van der Waals surface area (Å²) < 4.78 is 50.6. The second-order valence-electron chi connectivity index (χ2n) is 8.30. The molecular weight excluding hydrogens is 477 g/mol. The van der Waals surface area contributed by atoms with Crippen LogP contribution in [0.3, 0.4) is 0 Å². The van der Waals surface area contributed by atoms with Crippen LogP contribution in [0.25, 0.3) is 16.9 Å². The Balaban J connectivity index is 1.37. The monoisotopic (exact) mass is 498 g/mol. The van der Waals surface area contributed by atoms with Crippen LogP contribution >= 0.6 is 0 Å². The van der Waals surface area contributed by atoms with Crippen LogP contribution in [0.2, 0.25) is 0 Å². The normalized spacial score (nSPS) is 15.7. The number of hydrogen-bond donors (Lipinski definition) is 1. The summed E-state index contributed by atoms with van der Waals surface area (Å²) >= 11 is 0. The molecule has 3 heterocycles. The lowest BCUT2D eigenvalue weighted by molar-refractivity contribution is -0.274. The average molecular weight is 498 g/mol. The molecule has 1 amide bonds. The number of rotatable bonds is 5. The van der Waals surface area contributed by atoms with Gasteiger partial charge in [0.1, 0.15) is 23.2 Å². The summed E-state index contributed by atoms with van der Waals surface area (Å²) in [7, 11) is 1.57. The number of hydrogen-bond acceptors (Lipinski definition) is 6. The fraction of sp³-hybridized carbons (Fsp3) is 0.250. The molecule has 1 aliphatic heterocycles. The van der Waals surface area contributed by atoms with E-state index in [1.807, 2.05) is 35.9 Å². The van der Waals surface area contributed by atoms with E-state index in [-0.39, 0.29) is 5.69 Å². The predicted molar refractivity (Wildman–Crippen MR) is 123 cm³/mol. The van der Waals surface area contributed by atoms with Gasteiger partial charge < -0.3 is 19.4 Å². The summed E-state index contributed by atoms with van der Waals surface area (Å²) in [6, 6.07) is 8.79. The topological polar surface area (TPSA) is 96.1 Å². The minimum absolute atomic E-state index is 0.277. The highest BCUT2D eigenvalue weighted by Crippen LogP contribution is 2.33. The maximum Gasteiger partial charge on any atom is 0.573 e. The van der Waals surface area contributed by atoms with Crippen LogP contribution in [0.4, 0.5) is 18.9 Å². The van der Waals surface area contributed by atoms with Crippen molar-refractivity contribution in [2.75, 3.05) is 12.4 Å². The van der Waals surface area contributed by atoms with Crippen LogP contribution in [0, 0.1) is 6.92 Å². The van der Waals surface area contributed by atoms with Crippen molar-refractivity contribution in [1.29, 1.82) is 0 Å². The largest absolute Gasteiger partial charge is 0.573 e. The van der Waals surface area contributed by atoms with Gasteiger partial charge in [-0.3, -0.25) is 4.79 Å². The summed E-state index contributed by atoms with van der Waals surface area (Å²) in [6.45, 7) is 1.90. The Labute approximate surface area is 203 Å². The first kappa shape index (κ1) is 23.4. The lowest BCUT2D eigenvalue weighted by atomic mass is 10.1. The molecule has 2 aromatic heterocycles. The Morgan fingerprint density at radius 3 is 2.69 bits per heavy atom. The fourth-order valence-electron chi connectivity index (χ4n) is 4.14. The summed E-state index contributed by atoms with van der Waals surface area (Å²) in [5.41, 5.74) is 3.94. The highest BCUT2D eigenvalue weighted by molar-refractivity contribution is 5.95. The number of aryl methyl sites for hydroxylation is 2. The molecule has 0 saturated heterocycles. The second kappa shape index (κ2) is 9.02. The zero-order valence-corrected chi connectivity index (χ0v) is 19.3. The minimum Gasteiger partial charge on any atom is -0.495 e. The molecule has 1 atom stereocenters. The second-order valence-corrected chi connectivity index (χ2v) is 8.30. The standard InChI is InChI=1S/C24H21F3N6O3/c1-14-11-32(13-28-14)20-7-5-16(9-22(20)35-2)19-12-33(31-30-19)21-8-4-15-3-6-17(36-24(25,26)27)10-18(15)29-23(21)34/h3,5-7,9-13,21H,4,8H2,1-2H3,(H,29,34). The summed E-state index contributed by atoms with van der Waals surface area (Å²) in [6.07, 6.45) is 1.27. The van der Waals surface area contributed by atoms with E-state index >= 15 is 0 Å². The van der Waals surface area contributed by atoms with Crippen LogP contribution in [0.1, 0.15) is 23.7 Å². The van der Waals surface area contributed by atoms with E-state index in [0.717, 1.165) is 16.9 Å². The van der Waals surface area contributed by atoms with E-state index in [0.29, 0.717) is 29.8 Å². The van der Waals surface area contributed by atoms with Gasteiger partial charge in [0.05, 0.1) is 31.0 Å². The van der Waals surface area contributed by atoms with E-state index < -0.39 is 24.1 Å². The zero-order chi connectivity index (χ0) is 25.4. The number of anilines is 1. The van der Waals surface area contributed by atoms with Gasteiger partial charge in [-0.25, -0.2) is 9.67 Å². The van der Waals surface area contributed by atoms with Gasteiger partial charge in [-0.05, 0) is 43.5 Å². The maximum atomic E-state index is 12.9. The molecule has 186 valence electrons. The van der Waals surface area contributed by atoms with E-state index in [1.165, 1.54) is 22.9 Å². The number of ether oxygens (including phenoxy) is 2. The highest BCUT2D eigenvalue weighted by Gasteiger charge is 2.32. The lowest BCUT2D eigenvalue weighted by Crippen LogP contribution is -2.25. The van der Waals surface area contributed by atoms with E-state index in [4.69, 9.17) is 4.74 Å². The molecule has 12 heteroatoms. The fourth-order valence-corrected chi connectivity index (χ4v) is 4.14. The van der Waals surface area contributed by atoms with E-state index in [9.17, 15) is 18.0 Å². The van der Waals surface area contributed by atoms with Crippen molar-refractivity contribution < 1.29 is 27.4 Å². The Kier molecular flexibility index (Phi) is 5.86. The number of imidazole rings is 1. The van der Waals surface area contributed by atoms with Gasteiger partial charge in [-0.1, -0.05) is 17.3 Å². The van der Waals surface area contributed by atoms with Gasteiger partial charge in [-0.2, -0.15) is 0 Å². The van der Waals surface area contributed by atoms with Gasteiger partial charge in [0.15, 0.2) is 0 Å². The molecule has 1 aliphatic rings. The molecule has 0 bridgehead atoms. The van der Waals surface area contributed by atoms with Crippen LogP contribution in [0.5, 0.6) is 11.5 Å². The number of aromatic nitrogens is 5. The SMILES string of the molecule is COc1cc(-c2cn(C3CCc4ccc(OC(F)(F)F)cc4NC3=O)nn2)ccc1-n1cnc(C)c1. The molecule has 1 unspecified atom stereocenters. The molecular formula is C24H21F3N6O3. The predicted octanol–water partition coefficient (Wildman–Crippen LogP) is 4.47. The Bertz CT molecular complexity index is 1430. The number of carbonyl (C=O) groups excluding carboxylic acids is 1. The molecule has 0 aliphatic carbocycles. The van der Waals surface area contributed by atoms with Crippen molar-refractivity contribution in [3.05, 3.63) is 66.4 Å². The first-order valence-corrected chi connectivity index (χ1v) is 11.0. The average Bonchev–Trinajstić information content (AvgIpc) is 3.45. The van der Waals surface area contributed by atoms with Crippen LogP contribution in [0.15, 0.2) is 55.1 Å². The van der Waals surface area contributed by atoms with Crippen LogP contribution in [-0.2, 0) is 11.2 Å². The minimum atomic E-state index is -4.82. The Morgan fingerprint density at radius 2 is 1.97 bits per heavy atom. The summed E-state index contributed by atoms with van der Waals surface area (Å²) in [5.74, 6) is -0.192. The van der Waals surface area contributed by atoms with Gasteiger partial charge in [-0.15, -0.1) is 18.3 Å². The lowest BCUT2D eigenvalue weighted by Gasteiger charge is -2.13. The zero-order valence-electron chi connectivity index (χ0n) is 19.3. The van der Waals surface area contributed by atoms with Gasteiger partial charge in [0.2, 0.25) is 5.91 Å². The number of benzene rings is 2. The number of nitrogens with zero attached hydrogens (tertiary/aromatic N) is 5. The molecule has 1 N–H and O–H groups in total. The molecule has 0 saturated carbocycles. The number of fused-ring (bicyclic) bond motifs is 1. The number of nitrogens with one attached hydrogen (secondary N) is 1. The number of carbonyl (C=O) groups is 1. The first-order chi connectivity index (χ1) is 17.2. The van der Waals surface area contributed by atoms with E-state index in [1.54, 1.807) is 19.6 Å². The van der Waals surface area contributed by atoms with E-state index in [2.05, 4.69) is 25.3 Å². The quantitative estimate of drug-likeness (QED) is 0.436. The van der Waals surface area contributed by atoms with Crippen molar-refractivity contribution in [1.82, 2.24) is 24.5 Å². The third kappa shape index (κ3) is 4.74. The molecule has 0 fully saturated rings. The third-order valence-corrected chi connectivity index (χ3v) is 5.86. The van der Waals surface area contributed by atoms with Gasteiger partial charge >= 0.3 is 6.36 Å². The van der Waals surface area contributed by atoms with Gasteiger partial charge in [0.25, 0.3) is 0 Å².